The van der Waals surface area contributed by atoms with Crippen LogP contribution in [0.4, 0.5) is 0 Å². The first kappa shape index (κ1) is 13.8. The van der Waals surface area contributed by atoms with Gasteiger partial charge in [0.05, 0.1) is 12.2 Å². The summed E-state index contributed by atoms with van der Waals surface area (Å²) >= 11 is 1.70. The number of rotatable bonds is 6. The molecule has 102 valence electrons. The van der Waals surface area contributed by atoms with E-state index in [1.807, 2.05) is 42.2 Å². The highest BCUT2D eigenvalue weighted by molar-refractivity contribution is 7.09. The predicted molar refractivity (Wildman–Crippen MR) is 77.2 cm³/mol. The Morgan fingerprint density at radius 1 is 1.53 bits per heavy atom. The first-order valence-electron chi connectivity index (χ1n) is 6.45. The van der Waals surface area contributed by atoms with Crippen LogP contribution in [-0.4, -0.2) is 22.2 Å². The molecule has 0 aliphatic carbocycles. The molecular weight excluding hydrogens is 258 g/mol. The van der Waals surface area contributed by atoms with Crippen molar-refractivity contribution < 1.29 is 4.79 Å². The van der Waals surface area contributed by atoms with E-state index < -0.39 is 0 Å². The average Bonchev–Trinajstić information content (AvgIpc) is 3.01. The van der Waals surface area contributed by atoms with E-state index in [-0.39, 0.29) is 11.8 Å². The molecule has 2 aromatic rings. The van der Waals surface area contributed by atoms with Gasteiger partial charge in [0, 0.05) is 23.5 Å². The number of nitrogens with zero attached hydrogens (tertiary/aromatic N) is 2. The third-order valence-corrected chi connectivity index (χ3v) is 3.85. The van der Waals surface area contributed by atoms with Crippen LogP contribution in [0.5, 0.6) is 0 Å². The van der Waals surface area contributed by atoms with Crippen LogP contribution in [0.15, 0.2) is 29.8 Å². The van der Waals surface area contributed by atoms with Crippen LogP contribution in [0.3, 0.4) is 0 Å². The molecule has 0 spiro atoms. The fraction of sp³-hybridized carbons (Fsp3) is 0.429. The molecular formula is C14H19N3OS. The summed E-state index contributed by atoms with van der Waals surface area (Å²) in [5, 5.41) is 9.28. The summed E-state index contributed by atoms with van der Waals surface area (Å²) in [6.45, 7) is 5.26. The van der Waals surface area contributed by atoms with Crippen molar-refractivity contribution in [3.8, 4) is 0 Å². The molecule has 1 unspecified atom stereocenters. The molecule has 0 radical (unpaired) electrons. The normalized spacial score (nSPS) is 12.3. The summed E-state index contributed by atoms with van der Waals surface area (Å²) in [6, 6.07) is 6.05. The topological polar surface area (TPSA) is 46.9 Å². The van der Waals surface area contributed by atoms with Crippen LogP contribution in [0.2, 0.25) is 0 Å². The summed E-state index contributed by atoms with van der Waals surface area (Å²) < 4.78 is 1.85. The van der Waals surface area contributed by atoms with Crippen LogP contribution < -0.4 is 5.32 Å². The summed E-state index contributed by atoms with van der Waals surface area (Å²) in [7, 11) is 0. The molecule has 1 amide bonds. The SMILES string of the molecule is Cc1ccn(CCNC(=O)C(C)Cc2cccs2)n1. The van der Waals surface area contributed by atoms with E-state index in [1.54, 1.807) is 11.3 Å². The Morgan fingerprint density at radius 2 is 2.37 bits per heavy atom. The van der Waals surface area contributed by atoms with E-state index in [4.69, 9.17) is 0 Å². The highest BCUT2D eigenvalue weighted by Gasteiger charge is 2.13. The van der Waals surface area contributed by atoms with Crippen molar-refractivity contribution in [3.05, 3.63) is 40.3 Å². The zero-order chi connectivity index (χ0) is 13.7. The number of carbonyl (C=O) groups is 1. The zero-order valence-corrected chi connectivity index (χ0v) is 12.1. The summed E-state index contributed by atoms with van der Waals surface area (Å²) in [4.78, 5) is 13.2. The van der Waals surface area contributed by atoms with E-state index in [2.05, 4.69) is 16.5 Å². The third kappa shape index (κ3) is 4.21. The quantitative estimate of drug-likeness (QED) is 0.880. The molecule has 0 saturated heterocycles. The van der Waals surface area contributed by atoms with Gasteiger partial charge in [0.25, 0.3) is 0 Å². The van der Waals surface area contributed by atoms with Gasteiger partial charge in [-0.2, -0.15) is 5.10 Å². The third-order valence-electron chi connectivity index (χ3n) is 2.95. The largest absolute Gasteiger partial charge is 0.354 e. The number of thiophene rings is 1. The Morgan fingerprint density at radius 3 is 3.00 bits per heavy atom. The van der Waals surface area contributed by atoms with Gasteiger partial charge in [0.15, 0.2) is 0 Å². The molecule has 19 heavy (non-hydrogen) atoms. The summed E-state index contributed by atoms with van der Waals surface area (Å²) in [5.41, 5.74) is 0.998. The fourth-order valence-electron chi connectivity index (χ4n) is 1.88. The van der Waals surface area contributed by atoms with Crippen molar-refractivity contribution >= 4 is 17.2 Å². The number of aryl methyl sites for hydroxylation is 1. The molecule has 0 bridgehead atoms. The number of nitrogens with one attached hydrogen (secondary N) is 1. The molecule has 2 rings (SSSR count). The van der Waals surface area contributed by atoms with Crippen LogP contribution in [-0.2, 0) is 17.8 Å². The van der Waals surface area contributed by atoms with E-state index >= 15 is 0 Å². The lowest BCUT2D eigenvalue weighted by Crippen LogP contribution is -2.32. The first-order chi connectivity index (χ1) is 9.15. The number of hydrogen-bond donors (Lipinski definition) is 1. The van der Waals surface area contributed by atoms with Crippen LogP contribution in [0, 0.1) is 12.8 Å². The molecule has 1 atom stereocenters. The first-order valence-corrected chi connectivity index (χ1v) is 7.33. The van der Waals surface area contributed by atoms with E-state index in [0.717, 1.165) is 12.1 Å². The van der Waals surface area contributed by atoms with Crippen molar-refractivity contribution in [2.45, 2.75) is 26.8 Å². The standard InChI is InChI=1S/C14H19N3OS/c1-11(10-13-4-3-9-19-13)14(18)15-6-8-17-7-5-12(2)16-17/h3-5,7,9,11H,6,8,10H2,1-2H3,(H,15,18). The van der Waals surface area contributed by atoms with Crippen LogP contribution in [0.25, 0.3) is 0 Å². The van der Waals surface area contributed by atoms with Crippen molar-refractivity contribution in [1.82, 2.24) is 15.1 Å². The predicted octanol–water partition coefficient (Wildman–Crippen LogP) is 2.25. The smallest absolute Gasteiger partial charge is 0.223 e. The minimum absolute atomic E-state index is 0.0120. The van der Waals surface area contributed by atoms with Gasteiger partial charge in [-0.1, -0.05) is 13.0 Å². The Balaban J connectivity index is 1.71. The van der Waals surface area contributed by atoms with E-state index in [1.165, 1.54) is 4.88 Å². The van der Waals surface area contributed by atoms with Crippen LogP contribution in [0.1, 0.15) is 17.5 Å². The molecule has 0 fully saturated rings. The maximum atomic E-state index is 11.9. The van der Waals surface area contributed by atoms with E-state index in [0.29, 0.717) is 13.1 Å². The van der Waals surface area contributed by atoms with Crippen molar-refractivity contribution in [1.29, 1.82) is 0 Å². The van der Waals surface area contributed by atoms with Crippen molar-refractivity contribution in [3.63, 3.8) is 0 Å². The number of aromatic nitrogens is 2. The van der Waals surface area contributed by atoms with E-state index in [9.17, 15) is 4.79 Å². The van der Waals surface area contributed by atoms with Gasteiger partial charge in [-0.25, -0.2) is 0 Å². The molecule has 4 nitrogen and oxygen atoms in total. The lowest BCUT2D eigenvalue weighted by atomic mass is 10.1. The van der Waals surface area contributed by atoms with Gasteiger partial charge in [-0.3, -0.25) is 9.48 Å². The Labute approximate surface area is 117 Å². The second-order valence-electron chi connectivity index (χ2n) is 4.70. The molecule has 1 N–H and O–H groups in total. The maximum Gasteiger partial charge on any atom is 0.223 e. The summed E-state index contributed by atoms with van der Waals surface area (Å²) in [6.07, 6.45) is 2.74. The Hall–Kier alpha value is -1.62. The zero-order valence-electron chi connectivity index (χ0n) is 11.3. The molecule has 2 aromatic heterocycles. The highest BCUT2D eigenvalue weighted by atomic mass is 32.1. The average molecular weight is 277 g/mol. The lowest BCUT2D eigenvalue weighted by Gasteiger charge is -2.11. The van der Waals surface area contributed by atoms with Gasteiger partial charge >= 0.3 is 0 Å². The van der Waals surface area contributed by atoms with Crippen molar-refractivity contribution in [2.75, 3.05) is 6.54 Å². The van der Waals surface area contributed by atoms with Gasteiger partial charge in [-0.05, 0) is 30.9 Å². The van der Waals surface area contributed by atoms with Gasteiger partial charge in [-0.15, -0.1) is 11.3 Å². The van der Waals surface area contributed by atoms with Crippen molar-refractivity contribution in [2.24, 2.45) is 5.92 Å². The Kier molecular flexibility index (Phi) is 4.74. The number of hydrogen-bond acceptors (Lipinski definition) is 3. The highest BCUT2D eigenvalue weighted by Crippen LogP contribution is 2.14. The molecule has 0 aliphatic rings. The molecule has 0 aliphatic heterocycles. The molecule has 0 aromatic carbocycles. The molecule has 0 saturated carbocycles. The fourth-order valence-corrected chi connectivity index (χ4v) is 2.71. The molecule has 5 heteroatoms. The van der Waals surface area contributed by atoms with Gasteiger partial charge in [0.2, 0.25) is 5.91 Å². The maximum absolute atomic E-state index is 11.9. The lowest BCUT2D eigenvalue weighted by molar-refractivity contribution is -0.124. The molecule has 2 heterocycles. The van der Waals surface area contributed by atoms with Gasteiger partial charge in [0.1, 0.15) is 0 Å². The number of carbonyl (C=O) groups excluding carboxylic acids is 1. The second-order valence-corrected chi connectivity index (χ2v) is 5.73. The van der Waals surface area contributed by atoms with Gasteiger partial charge < -0.3 is 5.32 Å². The number of amides is 1. The Bertz CT molecular complexity index is 519. The minimum atomic E-state index is 0.0120. The van der Waals surface area contributed by atoms with Crippen LogP contribution >= 0.6 is 11.3 Å². The minimum Gasteiger partial charge on any atom is -0.354 e. The monoisotopic (exact) mass is 277 g/mol. The summed E-state index contributed by atoms with van der Waals surface area (Å²) in [5.74, 6) is 0.121. The second kappa shape index (κ2) is 6.52.